The first-order valence-electron chi connectivity index (χ1n) is 4.74. The molecule has 0 fully saturated rings. The lowest BCUT2D eigenvalue weighted by atomic mass is 10.0. The van der Waals surface area contributed by atoms with Crippen molar-refractivity contribution >= 4 is 56.3 Å². The van der Waals surface area contributed by atoms with Gasteiger partial charge in [0.25, 0.3) is 0 Å². The third-order valence-electron chi connectivity index (χ3n) is 2.34. The van der Waals surface area contributed by atoms with Gasteiger partial charge in [-0.25, -0.2) is 0 Å². The fourth-order valence-electron chi connectivity index (χ4n) is 1.38. The molecule has 1 aromatic heterocycles. The van der Waals surface area contributed by atoms with Gasteiger partial charge in [0.1, 0.15) is 4.34 Å². The highest BCUT2D eigenvalue weighted by atomic mass is 79.9. The van der Waals surface area contributed by atoms with Gasteiger partial charge in [-0.05, 0) is 24.6 Å². The molecular formula is C12H7BrCl2OS. The van der Waals surface area contributed by atoms with Crippen LogP contribution < -0.4 is 0 Å². The van der Waals surface area contributed by atoms with Gasteiger partial charge in [0, 0.05) is 10.0 Å². The number of carbonyl (C=O) groups is 1. The van der Waals surface area contributed by atoms with Crippen molar-refractivity contribution in [3.63, 3.8) is 0 Å². The number of halogens is 3. The van der Waals surface area contributed by atoms with Crippen molar-refractivity contribution in [1.82, 2.24) is 0 Å². The van der Waals surface area contributed by atoms with Crippen LogP contribution in [0.3, 0.4) is 0 Å². The fourth-order valence-corrected chi connectivity index (χ4v) is 3.22. The van der Waals surface area contributed by atoms with E-state index in [0.29, 0.717) is 19.8 Å². The van der Waals surface area contributed by atoms with Crippen molar-refractivity contribution in [2.75, 3.05) is 0 Å². The van der Waals surface area contributed by atoms with Gasteiger partial charge in [0.05, 0.1) is 9.90 Å². The minimum atomic E-state index is -0.112. The van der Waals surface area contributed by atoms with E-state index in [1.165, 1.54) is 11.3 Å². The zero-order chi connectivity index (χ0) is 12.6. The Morgan fingerprint density at radius 2 is 2.00 bits per heavy atom. The predicted molar refractivity (Wildman–Crippen MR) is 76.7 cm³/mol. The first-order chi connectivity index (χ1) is 7.99. The third kappa shape index (κ3) is 2.74. The van der Waals surface area contributed by atoms with E-state index in [9.17, 15) is 4.79 Å². The summed E-state index contributed by atoms with van der Waals surface area (Å²) in [5.74, 6) is -0.112. The van der Waals surface area contributed by atoms with Crippen molar-refractivity contribution in [3.05, 3.63) is 54.1 Å². The maximum atomic E-state index is 12.2. The summed E-state index contributed by atoms with van der Waals surface area (Å²) in [6.07, 6.45) is 0. The zero-order valence-corrected chi connectivity index (χ0v) is 12.7. The number of thiophene rings is 1. The van der Waals surface area contributed by atoms with Gasteiger partial charge < -0.3 is 0 Å². The second-order valence-electron chi connectivity index (χ2n) is 3.53. The molecular weight excluding hydrogens is 343 g/mol. The Kier molecular flexibility index (Phi) is 3.93. The van der Waals surface area contributed by atoms with Crippen molar-refractivity contribution in [2.24, 2.45) is 0 Å². The molecule has 17 heavy (non-hydrogen) atoms. The van der Waals surface area contributed by atoms with Gasteiger partial charge >= 0.3 is 0 Å². The molecule has 88 valence electrons. The number of ketones is 1. The Bertz CT molecular complexity index is 592. The molecule has 0 amide bonds. The lowest BCUT2D eigenvalue weighted by Gasteiger charge is -2.02. The third-order valence-corrected chi connectivity index (χ3v) is 4.68. The summed E-state index contributed by atoms with van der Waals surface area (Å²) < 4.78 is 1.85. The van der Waals surface area contributed by atoms with Crippen molar-refractivity contribution in [1.29, 1.82) is 0 Å². The summed E-state index contributed by atoms with van der Waals surface area (Å²) in [6.45, 7) is 1.97. The summed E-state index contributed by atoms with van der Waals surface area (Å²) in [5, 5.41) is 0. The standard InChI is InChI=1S/C12H7BrCl2OS/c1-6-2-3-7(4-9(6)13)11(16)8-5-10(14)17-12(8)15/h2-5H,1H3. The summed E-state index contributed by atoms with van der Waals surface area (Å²) in [4.78, 5) is 12.2. The van der Waals surface area contributed by atoms with Gasteiger partial charge in [-0.2, -0.15) is 0 Å². The molecule has 2 aromatic rings. The molecule has 0 unspecified atom stereocenters. The molecule has 2 rings (SSSR count). The van der Waals surface area contributed by atoms with Crippen LogP contribution in [0.2, 0.25) is 8.67 Å². The molecule has 0 atom stereocenters. The Hall–Kier alpha value is -0.350. The maximum absolute atomic E-state index is 12.2. The molecule has 0 aliphatic rings. The Balaban J connectivity index is 2.44. The van der Waals surface area contributed by atoms with Gasteiger partial charge in [-0.1, -0.05) is 51.3 Å². The van der Waals surface area contributed by atoms with Crippen LogP contribution in [-0.4, -0.2) is 5.78 Å². The van der Waals surface area contributed by atoms with E-state index in [2.05, 4.69) is 15.9 Å². The molecule has 0 spiro atoms. The molecule has 0 aliphatic heterocycles. The second-order valence-corrected chi connectivity index (χ2v) is 6.67. The average Bonchev–Trinajstić information content (AvgIpc) is 2.61. The van der Waals surface area contributed by atoms with Crippen LogP contribution in [0.25, 0.3) is 0 Å². The van der Waals surface area contributed by atoms with Gasteiger partial charge in [-0.15, -0.1) is 11.3 Å². The Morgan fingerprint density at radius 1 is 1.29 bits per heavy atom. The number of hydrogen-bond donors (Lipinski definition) is 0. The van der Waals surface area contributed by atoms with E-state index in [1.54, 1.807) is 18.2 Å². The van der Waals surface area contributed by atoms with E-state index >= 15 is 0 Å². The number of rotatable bonds is 2. The molecule has 0 N–H and O–H groups in total. The second kappa shape index (κ2) is 5.11. The smallest absolute Gasteiger partial charge is 0.195 e. The topological polar surface area (TPSA) is 17.1 Å². The van der Waals surface area contributed by atoms with E-state index < -0.39 is 0 Å². The normalized spacial score (nSPS) is 10.6. The van der Waals surface area contributed by atoms with Crippen molar-refractivity contribution < 1.29 is 4.79 Å². The number of carbonyl (C=O) groups excluding carboxylic acids is 1. The highest BCUT2D eigenvalue weighted by Crippen LogP contribution is 2.33. The van der Waals surface area contributed by atoms with Crippen molar-refractivity contribution in [3.8, 4) is 0 Å². The predicted octanol–water partition coefficient (Wildman–Crippen LogP) is 5.36. The fraction of sp³-hybridized carbons (Fsp3) is 0.0833. The molecule has 1 heterocycles. The largest absolute Gasteiger partial charge is 0.289 e. The Morgan fingerprint density at radius 3 is 2.53 bits per heavy atom. The monoisotopic (exact) mass is 348 g/mol. The highest BCUT2D eigenvalue weighted by molar-refractivity contribution is 9.10. The number of hydrogen-bond acceptors (Lipinski definition) is 2. The van der Waals surface area contributed by atoms with Gasteiger partial charge in [0.2, 0.25) is 0 Å². The molecule has 0 radical (unpaired) electrons. The average molecular weight is 350 g/mol. The number of aryl methyl sites for hydroxylation is 1. The van der Waals surface area contributed by atoms with Gasteiger partial charge in [-0.3, -0.25) is 4.79 Å². The number of benzene rings is 1. The minimum Gasteiger partial charge on any atom is -0.289 e. The SMILES string of the molecule is Cc1ccc(C(=O)c2cc(Cl)sc2Cl)cc1Br. The van der Waals surface area contributed by atoms with E-state index in [0.717, 1.165) is 10.0 Å². The van der Waals surface area contributed by atoms with E-state index in [4.69, 9.17) is 23.2 Å². The molecule has 5 heteroatoms. The highest BCUT2D eigenvalue weighted by Gasteiger charge is 2.16. The summed E-state index contributed by atoms with van der Waals surface area (Å²) >= 11 is 16.4. The quantitative estimate of drug-likeness (QED) is 0.667. The maximum Gasteiger partial charge on any atom is 0.195 e. The minimum absolute atomic E-state index is 0.112. The van der Waals surface area contributed by atoms with Crippen LogP contribution in [0.15, 0.2) is 28.7 Å². The molecule has 0 saturated heterocycles. The lowest BCUT2D eigenvalue weighted by molar-refractivity contribution is 0.103. The Labute approximate surface area is 121 Å². The van der Waals surface area contributed by atoms with E-state index in [-0.39, 0.29) is 5.78 Å². The van der Waals surface area contributed by atoms with Crippen LogP contribution in [0.5, 0.6) is 0 Å². The van der Waals surface area contributed by atoms with Crippen LogP contribution in [0, 0.1) is 6.92 Å². The van der Waals surface area contributed by atoms with E-state index in [1.807, 2.05) is 13.0 Å². The summed E-state index contributed by atoms with van der Waals surface area (Å²) in [5.41, 5.74) is 2.13. The van der Waals surface area contributed by atoms with Crippen LogP contribution in [-0.2, 0) is 0 Å². The molecule has 1 nitrogen and oxygen atoms in total. The van der Waals surface area contributed by atoms with Gasteiger partial charge in [0.15, 0.2) is 5.78 Å². The first-order valence-corrected chi connectivity index (χ1v) is 7.11. The zero-order valence-electron chi connectivity index (χ0n) is 8.76. The molecule has 0 saturated carbocycles. The molecule has 0 bridgehead atoms. The first kappa shape index (κ1) is 13.1. The van der Waals surface area contributed by atoms with Crippen LogP contribution in [0.1, 0.15) is 21.5 Å². The lowest BCUT2D eigenvalue weighted by Crippen LogP contribution is -2.00. The van der Waals surface area contributed by atoms with Crippen molar-refractivity contribution in [2.45, 2.75) is 6.92 Å². The summed E-state index contributed by atoms with van der Waals surface area (Å²) in [6, 6.07) is 7.06. The van der Waals surface area contributed by atoms with Crippen LogP contribution >= 0.6 is 50.5 Å². The molecule has 0 aliphatic carbocycles. The molecule has 1 aromatic carbocycles. The van der Waals surface area contributed by atoms with Crippen LogP contribution in [0.4, 0.5) is 0 Å². The summed E-state index contributed by atoms with van der Waals surface area (Å²) in [7, 11) is 0.